The Hall–Kier alpha value is -1.81. The second kappa shape index (κ2) is 8.32. The number of amides is 1. The molecule has 0 radical (unpaired) electrons. The van der Waals surface area contributed by atoms with Gasteiger partial charge < -0.3 is 14.8 Å². The molecule has 0 aliphatic carbocycles. The van der Waals surface area contributed by atoms with Gasteiger partial charge in [-0.05, 0) is 24.1 Å². The number of rotatable bonds is 8. The molecule has 0 saturated carbocycles. The minimum atomic E-state index is -0.178. The summed E-state index contributed by atoms with van der Waals surface area (Å²) in [7, 11) is 3.25. The second-order valence-corrected chi connectivity index (χ2v) is 4.13. The molecule has 0 aromatic heterocycles. The summed E-state index contributed by atoms with van der Waals surface area (Å²) >= 11 is 0. The predicted molar refractivity (Wildman–Crippen MR) is 75.2 cm³/mol. The molecule has 1 amide bonds. The van der Waals surface area contributed by atoms with Crippen LogP contribution in [-0.2, 0) is 9.53 Å². The number of nitrogens with one attached hydrogen (secondary N) is 1. The predicted octanol–water partition coefficient (Wildman–Crippen LogP) is 2.47. The minimum Gasteiger partial charge on any atom is -0.497 e. The normalized spacial score (nSPS) is 11.7. The Kier molecular flexibility index (Phi) is 6.68. The lowest BCUT2D eigenvalue weighted by Gasteiger charge is -2.17. The van der Waals surface area contributed by atoms with Gasteiger partial charge in [0.1, 0.15) is 5.75 Å². The minimum absolute atomic E-state index is 0.00449. The maximum atomic E-state index is 11.5. The van der Waals surface area contributed by atoms with Gasteiger partial charge in [-0.3, -0.25) is 4.79 Å². The van der Waals surface area contributed by atoms with Crippen molar-refractivity contribution in [3.05, 3.63) is 42.5 Å². The Balaban J connectivity index is 2.57. The molecule has 4 heteroatoms. The first kappa shape index (κ1) is 15.2. The maximum Gasteiger partial charge on any atom is 0.220 e. The van der Waals surface area contributed by atoms with Gasteiger partial charge in [-0.25, -0.2) is 0 Å². The van der Waals surface area contributed by atoms with Gasteiger partial charge >= 0.3 is 0 Å². The van der Waals surface area contributed by atoms with E-state index in [9.17, 15) is 4.79 Å². The number of hydrogen-bond donors (Lipinski definition) is 1. The van der Waals surface area contributed by atoms with Gasteiger partial charge in [0.2, 0.25) is 5.91 Å². The molecule has 0 aliphatic rings. The van der Waals surface area contributed by atoms with Crippen LogP contribution in [0.3, 0.4) is 0 Å². The van der Waals surface area contributed by atoms with Crippen LogP contribution < -0.4 is 10.1 Å². The highest BCUT2D eigenvalue weighted by Crippen LogP contribution is 2.20. The fraction of sp³-hybridized carbons (Fsp3) is 0.400. The first-order chi connectivity index (χ1) is 9.21. The molecule has 19 heavy (non-hydrogen) atoms. The molecule has 1 aromatic carbocycles. The van der Waals surface area contributed by atoms with Gasteiger partial charge in [-0.15, -0.1) is 6.58 Å². The molecule has 0 spiro atoms. The molecule has 1 N–H and O–H groups in total. The van der Waals surface area contributed by atoms with Gasteiger partial charge in [0.05, 0.1) is 13.2 Å². The highest BCUT2D eigenvalue weighted by atomic mass is 16.5. The van der Waals surface area contributed by atoms with Gasteiger partial charge in [-0.1, -0.05) is 18.2 Å². The van der Waals surface area contributed by atoms with Crippen LogP contribution in [0.2, 0.25) is 0 Å². The fourth-order valence-corrected chi connectivity index (χ4v) is 1.71. The van der Waals surface area contributed by atoms with E-state index in [0.29, 0.717) is 19.4 Å². The Morgan fingerprint density at radius 1 is 1.47 bits per heavy atom. The molecule has 104 valence electrons. The molecule has 1 rings (SSSR count). The average molecular weight is 263 g/mol. The molecule has 4 nitrogen and oxygen atoms in total. The van der Waals surface area contributed by atoms with Crippen LogP contribution in [0.15, 0.2) is 36.9 Å². The molecule has 1 atom stereocenters. The van der Waals surface area contributed by atoms with E-state index in [4.69, 9.17) is 9.47 Å². The Morgan fingerprint density at radius 2 is 2.26 bits per heavy atom. The number of carbonyl (C=O) groups excluding carboxylic acids is 1. The molecular formula is C15H21NO3. The summed E-state index contributed by atoms with van der Waals surface area (Å²) in [4.78, 5) is 11.5. The number of allylic oxidation sites excluding steroid dienone is 1. The Morgan fingerprint density at radius 3 is 2.89 bits per heavy atom. The van der Waals surface area contributed by atoms with E-state index in [1.807, 2.05) is 24.3 Å². The van der Waals surface area contributed by atoms with Crippen LogP contribution in [0.1, 0.15) is 24.5 Å². The number of hydrogen-bond acceptors (Lipinski definition) is 3. The van der Waals surface area contributed by atoms with Crippen LogP contribution in [0.4, 0.5) is 0 Å². The number of benzene rings is 1. The summed E-state index contributed by atoms with van der Waals surface area (Å²) in [5, 5.41) is 2.85. The molecule has 0 unspecified atom stereocenters. The van der Waals surface area contributed by atoms with Gasteiger partial charge in [0.15, 0.2) is 0 Å². The molecule has 0 bridgehead atoms. The first-order valence-electron chi connectivity index (χ1n) is 6.25. The standard InChI is InChI=1S/C15H21NO3/c1-4-5-9-15(17)16-11-14(19-3)12-7-6-8-13(10-12)18-2/h4,6-8,10,14H,1,5,9,11H2,2-3H3,(H,16,17)/t14-/m1/s1. The summed E-state index contributed by atoms with van der Waals surface area (Å²) in [6.45, 7) is 4.04. The molecule has 0 fully saturated rings. The quantitative estimate of drug-likeness (QED) is 0.733. The smallest absolute Gasteiger partial charge is 0.220 e. The molecule has 0 saturated heterocycles. The first-order valence-corrected chi connectivity index (χ1v) is 6.25. The topological polar surface area (TPSA) is 47.6 Å². The summed E-state index contributed by atoms with van der Waals surface area (Å²) in [6, 6.07) is 7.63. The third kappa shape index (κ3) is 5.14. The summed E-state index contributed by atoms with van der Waals surface area (Å²) in [5.74, 6) is 0.780. The van der Waals surface area contributed by atoms with Crippen molar-refractivity contribution in [2.24, 2.45) is 0 Å². The lowest BCUT2D eigenvalue weighted by molar-refractivity contribution is -0.121. The van der Waals surface area contributed by atoms with Crippen molar-refractivity contribution in [1.82, 2.24) is 5.32 Å². The van der Waals surface area contributed by atoms with Crippen LogP contribution in [-0.4, -0.2) is 26.7 Å². The van der Waals surface area contributed by atoms with Crippen LogP contribution in [0, 0.1) is 0 Å². The monoisotopic (exact) mass is 263 g/mol. The van der Waals surface area contributed by atoms with Crippen molar-refractivity contribution < 1.29 is 14.3 Å². The molecule has 1 aromatic rings. The van der Waals surface area contributed by atoms with Crippen LogP contribution in [0.5, 0.6) is 5.75 Å². The molecule has 0 aliphatic heterocycles. The third-order valence-electron chi connectivity index (χ3n) is 2.81. The average Bonchev–Trinajstić information content (AvgIpc) is 2.46. The number of ether oxygens (including phenoxy) is 2. The van der Waals surface area contributed by atoms with Crippen LogP contribution in [0.25, 0.3) is 0 Å². The van der Waals surface area contributed by atoms with Gasteiger partial charge in [0.25, 0.3) is 0 Å². The number of carbonyl (C=O) groups is 1. The zero-order valence-electron chi connectivity index (χ0n) is 11.5. The number of methoxy groups -OCH3 is 2. The largest absolute Gasteiger partial charge is 0.497 e. The Bertz CT molecular complexity index is 418. The van der Waals surface area contributed by atoms with E-state index < -0.39 is 0 Å². The van der Waals surface area contributed by atoms with Crippen molar-refractivity contribution >= 4 is 5.91 Å². The lowest BCUT2D eigenvalue weighted by Crippen LogP contribution is -2.28. The fourth-order valence-electron chi connectivity index (χ4n) is 1.71. The summed E-state index contributed by atoms with van der Waals surface area (Å²) in [6.07, 6.45) is 2.69. The highest BCUT2D eigenvalue weighted by Gasteiger charge is 2.12. The van der Waals surface area contributed by atoms with Crippen molar-refractivity contribution in [3.8, 4) is 5.75 Å². The van der Waals surface area contributed by atoms with E-state index in [-0.39, 0.29) is 12.0 Å². The van der Waals surface area contributed by atoms with Crippen molar-refractivity contribution in [3.63, 3.8) is 0 Å². The van der Waals surface area contributed by atoms with Gasteiger partial charge in [0, 0.05) is 20.1 Å². The van der Waals surface area contributed by atoms with E-state index in [2.05, 4.69) is 11.9 Å². The van der Waals surface area contributed by atoms with E-state index >= 15 is 0 Å². The second-order valence-electron chi connectivity index (χ2n) is 4.13. The summed E-state index contributed by atoms with van der Waals surface area (Å²) in [5.41, 5.74) is 0.978. The third-order valence-corrected chi connectivity index (χ3v) is 2.81. The lowest BCUT2D eigenvalue weighted by atomic mass is 10.1. The highest BCUT2D eigenvalue weighted by molar-refractivity contribution is 5.76. The zero-order valence-corrected chi connectivity index (χ0v) is 11.5. The zero-order chi connectivity index (χ0) is 14.1. The van der Waals surface area contributed by atoms with Crippen LogP contribution >= 0.6 is 0 Å². The van der Waals surface area contributed by atoms with E-state index in [0.717, 1.165) is 11.3 Å². The van der Waals surface area contributed by atoms with E-state index in [1.54, 1.807) is 20.3 Å². The van der Waals surface area contributed by atoms with Crippen molar-refractivity contribution in [1.29, 1.82) is 0 Å². The van der Waals surface area contributed by atoms with E-state index in [1.165, 1.54) is 0 Å². The van der Waals surface area contributed by atoms with Crippen molar-refractivity contribution in [2.75, 3.05) is 20.8 Å². The molecular weight excluding hydrogens is 242 g/mol. The maximum absolute atomic E-state index is 11.5. The SMILES string of the molecule is C=CCCC(=O)NC[C@@H](OC)c1cccc(OC)c1. The molecule has 0 heterocycles. The summed E-state index contributed by atoms with van der Waals surface area (Å²) < 4.78 is 10.6. The Labute approximate surface area is 114 Å². The van der Waals surface area contributed by atoms with Crippen molar-refractivity contribution in [2.45, 2.75) is 18.9 Å². The van der Waals surface area contributed by atoms with Gasteiger partial charge in [-0.2, -0.15) is 0 Å².